The van der Waals surface area contributed by atoms with E-state index in [0.29, 0.717) is 18.1 Å². The quantitative estimate of drug-likeness (QED) is 0.789. The van der Waals surface area contributed by atoms with Crippen LogP contribution in [0.2, 0.25) is 10.0 Å². The van der Waals surface area contributed by atoms with Gasteiger partial charge in [-0.25, -0.2) is 0 Å². The van der Waals surface area contributed by atoms with E-state index in [-0.39, 0.29) is 17.9 Å². The van der Waals surface area contributed by atoms with Gasteiger partial charge in [0.15, 0.2) is 0 Å². The summed E-state index contributed by atoms with van der Waals surface area (Å²) in [6.45, 7) is 6.80. The smallest absolute Gasteiger partial charge is 0.239 e. The first-order valence-corrected chi connectivity index (χ1v) is 10.4. The minimum atomic E-state index is -0.442. The summed E-state index contributed by atoms with van der Waals surface area (Å²) in [5, 5.41) is 1.45. The molecule has 1 aliphatic rings. The van der Waals surface area contributed by atoms with Crippen molar-refractivity contribution < 1.29 is 4.79 Å². The fourth-order valence-corrected chi connectivity index (χ4v) is 3.99. The van der Waals surface area contributed by atoms with Gasteiger partial charge in [0.25, 0.3) is 0 Å². The molecule has 0 aliphatic carbocycles. The Kier molecular flexibility index (Phi) is 7.00. The van der Waals surface area contributed by atoms with Gasteiger partial charge in [-0.2, -0.15) is 0 Å². The number of piperazine rings is 1. The van der Waals surface area contributed by atoms with E-state index in [1.54, 1.807) is 0 Å². The van der Waals surface area contributed by atoms with Crippen molar-refractivity contribution in [2.45, 2.75) is 25.9 Å². The highest BCUT2D eigenvalue weighted by Crippen LogP contribution is 2.34. The van der Waals surface area contributed by atoms with Crippen LogP contribution in [0.4, 0.5) is 0 Å². The van der Waals surface area contributed by atoms with Gasteiger partial charge in [-0.05, 0) is 35.2 Å². The van der Waals surface area contributed by atoms with Gasteiger partial charge >= 0.3 is 0 Å². The minimum absolute atomic E-state index is 0.0157. The summed E-state index contributed by atoms with van der Waals surface area (Å²) in [4.78, 5) is 16.8. The molecule has 1 saturated heterocycles. The number of rotatable bonds is 5. The van der Waals surface area contributed by atoms with Crippen molar-refractivity contribution in [3.8, 4) is 0 Å². The second-order valence-corrected chi connectivity index (χ2v) is 8.45. The molecule has 2 aromatic carbocycles. The normalized spacial score (nSPS) is 17.6. The summed E-state index contributed by atoms with van der Waals surface area (Å²) in [6, 6.07) is 15.4. The molecule has 150 valence electrons. The van der Waals surface area contributed by atoms with Crippen molar-refractivity contribution in [2.75, 3.05) is 26.2 Å². The van der Waals surface area contributed by atoms with Gasteiger partial charge in [-0.15, -0.1) is 0 Å². The van der Waals surface area contributed by atoms with Gasteiger partial charge in [-0.3, -0.25) is 9.69 Å². The molecule has 2 N–H and O–H groups in total. The molecule has 0 spiro atoms. The number of benzene rings is 2. The highest BCUT2D eigenvalue weighted by molar-refractivity contribution is 6.31. The molecule has 1 aliphatic heterocycles. The van der Waals surface area contributed by atoms with Crippen LogP contribution in [0.1, 0.15) is 31.0 Å². The van der Waals surface area contributed by atoms with Crippen molar-refractivity contribution in [3.63, 3.8) is 0 Å². The average Bonchev–Trinajstić information content (AvgIpc) is 2.70. The lowest BCUT2D eigenvalue weighted by atomic mass is 9.96. The highest BCUT2D eigenvalue weighted by Gasteiger charge is 2.31. The molecule has 0 saturated carbocycles. The van der Waals surface area contributed by atoms with Crippen molar-refractivity contribution >= 4 is 29.1 Å². The maximum absolute atomic E-state index is 12.6. The minimum Gasteiger partial charge on any atom is -0.339 e. The molecule has 4 nitrogen and oxygen atoms in total. The SMILES string of the molecule is CC(C)[C@H](N)C(=O)N1CCN(C(c2ccc(Cl)cc2)c2ccccc2Cl)CC1. The Morgan fingerprint density at radius 2 is 1.57 bits per heavy atom. The number of amides is 1. The van der Waals surface area contributed by atoms with Crippen LogP contribution < -0.4 is 5.73 Å². The summed E-state index contributed by atoms with van der Waals surface area (Å²) >= 11 is 12.6. The Balaban J connectivity index is 1.82. The van der Waals surface area contributed by atoms with Crippen molar-refractivity contribution in [3.05, 3.63) is 69.7 Å². The van der Waals surface area contributed by atoms with E-state index in [4.69, 9.17) is 28.9 Å². The second-order valence-electron chi connectivity index (χ2n) is 7.61. The predicted octanol–water partition coefficient (Wildman–Crippen LogP) is 4.21. The standard InChI is InChI=1S/C22H27Cl2N3O/c1-15(2)20(25)22(28)27-13-11-26(12-14-27)21(16-7-9-17(23)10-8-16)18-5-3-4-6-19(18)24/h3-10,15,20-21H,11-14,25H2,1-2H3/t20-,21?/m0/s1. The molecule has 1 fully saturated rings. The van der Waals surface area contributed by atoms with Crippen LogP contribution in [0, 0.1) is 5.92 Å². The molecule has 0 radical (unpaired) electrons. The zero-order valence-electron chi connectivity index (χ0n) is 16.3. The van der Waals surface area contributed by atoms with Crippen LogP contribution in [0.25, 0.3) is 0 Å². The van der Waals surface area contributed by atoms with Crippen molar-refractivity contribution in [1.82, 2.24) is 9.80 Å². The van der Waals surface area contributed by atoms with E-state index in [1.807, 2.05) is 61.2 Å². The number of nitrogens with zero attached hydrogens (tertiary/aromatic N) is 2. The topological polar surface area (TPSA) is 49.6 Å². The van der Waals surface area contributed by atoms with E-state index < -0.39 is 6.04 Å². The summed E-state index contributed by atoms with van der Waals surface area (Å²) in [7, 11) is 0. The zero-order valence-corrected chi connectivity index (χ0v) is 17.8. The average molecular weight is 420 g/mol. The highest BCUT2D eigenvalue weighted by atomic mass is 35.5. The molecule has 1 heterocycles. The second kappa shape index (κ2) is 9.27. The van der Waals surface area contributed by atoms with Crippen LogP contribution in [0.3, 0.4) is 0 Å². The number of carbonyl (C=O) groups is 1. The molecule has 28 heavy (non-hydrogen) atoms. The molecule has 2 atom stereocenters. The number of hydrogen-bond acceptors (Lipinski definition) is 3. The van der Waals surface area contributed by atoms with E-state index in [9.17, 15) is 4.79 Å². The zero-order chi connectivity index (χ0) is 20.3. The van der Waals surface area contributed by atoms with Gasteiger partial charge in [0.2, 0.25) is 5.91 Å². The molecule has 2 aromatic rings. The Labute approximate surface area is 177 Å². The van der Waals surface area contributed by atoms with Gasteiger partial charge in [-0.1, -0.05) is 67.4 Å². The molecule has 0 bridgehead atoms. The molecule has 0 aromatic heterocycles. The maximum atomic E-state index is 12.6. The first kappa shape index (κ1) is 21.1. The number of carbonyl (C=O) groups excluding carboxylic acids is 1. The van der Waals surface area contributed by atoms with E-state index in [1.165, 1.54) is 0 Å². The van der Waals surface area contributed by atoms with E-state index in [2.05, 4.69) is 11.0 Å². The lowest BCUT2D eigenvalue weighted by Crippen LogP contribution is -2.54. The first-order chi connectivity index (χ1) is 13.4. The summed E-state index contributed by atoms with van der Waals surface area (Å²) in [5.74, 6) is 0.172. The fraction of sp³-hybridized carbons (Fsp3) is 0.409. The lowest BCUT2D eigenvalue weighted by molar-refractivity contribution is -0.135. The number of hydrogen-bond donors (Lipinski definition) is 1. The van der Waals surface area contributed by atoms with Gasteiger partial charge in [0.05, 0.1) is 12.1 Å². The molecular formula is C22H27Cl2N3O. The third-order valence-corrected chi connectivity index (χ3v) is 5.98. The predicted molar refractivity (Wildman–Crippen MR) is 116 cm³/mol. The molecule has 1 amide bonds. The fourth-order valence-electron chi connectivity index (χ4n) is 3.63. The van der Waals surface area contributed by atoms with Gasteiger partial charge in [0, 0.05) is 36.2 Å². The summed E-state index contributed by atoms with van der Waals surface area (Å²) < 4.78 is 0. The molecule has 6 heteroatoms. The van der Waals surface area contributed by atoms with Gasteiger partial charge in [0.1, 0.15) is 0 Å². The Morgan fingerprint density at radius 3 is 2.14 bits per heavy atom. The van der Waals surface area contributed by atoms with E-state index in [0.717, 1.165) is 29.2 Å². The Bertz CT molecular complexity index is 802. The van der Waals surface area contributed by atoms with Crippen LogP contribution in [0.5, 0.6) is 0 Å². The van der Waals surface area contributed by atoms with Crippen molar-refractivity contribution in [1.29, 1.82) is 0 Å². The van der Waals surface area contributed by atoms with Gasteiger partial charge < -0.3 is 10.6 Å². The van der Waals surface area contributed by atoms with Crippen LogP contribution in [-0.4, -0.2) is 47.9 Å². The monoisotopic (exact) mass is 419 g/mol. The maximum Gasteiger partial charge on any atom is 0.239 e. The van der Waals surface area contributed by atoms with Crippen LogP contribution >= 0.6 is 23.2 Å². The third-order valence-electron chi connectivity index (χ3n) is 5.38. The van der Waals surface area contributed by atoms with Crippen LogP contribution in [-0.2, 0) is 4.79 Å². The Hall–Kier alpha value is -1.59. The largest absolute Gasteiger partial charge is 0.339 e. The number of halogens is 2. The Morgan fingerprint density at radius 1 is 0.964 bits per heavy atom. The lowest BCUT2D eigenvalue weighted by Gasteiger charge is -2.41. The molecule has 1 unspecified atom stereocenters. The summed E-state index contributed by atoms with van der Waals surface area (Å²) in [6.07, 6.45) is 0. The van der Waals surface area contributed by atoms with Crippen LogP contribution in [0.15, 0.2) is 48.5 Å². The van der Waals surface area contributed by atoms with Crippen molar-refractivity contribution in [2.24, 2.45) is 11.7 Å². The molecule has 3 rings (SSSR count). The first-order valence-electron chi connectivity index (χ1n) is 9.66. The molecular weight excluding hydrogens is 393 g/mol. The van der Waals surface area contributed by atoms with E-state index >= 15 is 0 Å². The summed E-state index contributed by atoms with van der Waals surface area (Å²) in [5.41, 5.74) is 8.26. The number of nitrogens with two attached hydrogens (primary N) is 1. The third kappa shape index (κ3) is 4.69.